The topological polar surface area (TPSA) is 76.1 Å². The predicted molar refractivity (Wildman–Crippen MR) is 88.8 cm³/mol. The number of benzene rings is 1. The molecule has 0 aliphatic carbocycles. The van der Waals surface area contributed by atoms with Crippen molar-refractivity contribution in [3.05, 3.63) is 35.1 Å². The van der Waals surface area contributed by atoms with Crippen LogP contribution in [-0.2, 0) is 20.9 Å². The van der Waals surface area contributed by atoms with Crippen LogP contribution in [0.15, 0.2) is 18.2 Å². The first-order valence-electron chi connectivity index (χ1n) is 8.33. The van der Waals surface area contributed by atoms with Crippen molar-refractivity contribution < 1.29 is 28.6 Å². The Morgan fingerprint density at radius 2 is 2.08 bits per heavy atom. The highest BCUT2D eigenvalue weighted by Crippen LogP contribution is 2.24. The monoisotopic (exact) mass is 353 g/mol. The van der Waals surface area contributed by atoms with E-state index in [2.05, 4.69) is 0 Å². The van der Waals surface area contributed by atoms with Crippen molar-refractivity contribution in [2.75, 3.05) is 26.9 Å². The number of carboxylic acid groups (broad SMARTS) is 1. The van der Waals surface area contributed by atoms with Crippen molar-refractivity contribution in [2.24, 2.45) is 5.92 Å². The zero-order valence-corrected chi connectivity index (χ0v) is 14.5. The Morgan fingerprint density at radius 1 is 1.32 bits per heavy atom. The molecule has 0 spiro atoms. The average molecular weight is 353 g/mol. The second-order valence-corrected chi connectivity index (χ2v) is 6.27. The number of nitrogens with zero attached hydrogens (tertiary/aromatic N) is 1. The van der Waals surface area contributed by atoms with Gasteiger partial charge in [0.05, 0.1) is 25.7 Å². The van der Waals surface area contributed by atoms with Gasteiger partial charge >= 0.3 is 5.97 Å². The summed E-state index contributed by atoms with van der Waals surface area (Å²) in [5.41, 5.74) is 0.631. The smallest absolute Gasteiger partial charge is 0.308 e. The number of hydrogen-bond acceptors (Lipinski definition) is 4. The third-order valence-corrected chi connectivity index (χ3v) is 4.47. The molecule has 1 aromatic rings. The van der Waals surface area contributed by atoms with Gasteiger partial charge in [0.25, 0.3) is 5.91 Å². The molecule has 0 radical (unpaired) electrons. The molecule has 2 atom stereocenters. The lowest BCUT2D eigenvalue weighted by molar-refractivity contribution is -0.143. The summed E-state index contributed by atoms with van der Waals surface area (Å²) in [7, 11) is 1.55. The van der Waals surface area contributed by atoms with Crippen LogP contribution >= 0.6 is 0 Å². The van der Waals surface area contributed by atoms with E-state index in [4.69, 9.17) is 9.47 Å². The maximum atomic E-state index is 13.9. The quantitative estimate of drug-likeness (QED) is 0.762. The Hall–Kier alpha value is -1.99. The number of rotatable bonds is 7. The molecule has 1 N–H and O–H groups in total. The van der Waals surface area contributed by atoms with Gasteiger partial charge in [-0.1, -0.05) is 0 Å². The first kappa shape index (κ1) is 19.3. The van der Waals surface area contributed by atoms with Gasteiger partial charge < -0.3 is 19.5 Å². The molecular weight excluding hydrogens is 329 g/mol. The molecule has 0 aromatic heterocycles. The lowest BCUT2D eigenvalue weighted by Crippen LogP contribution is -2.47. The summed E-state index contributed by atoms with van der Waals surface area (Å²) in [5.74, 6) is -2.17. The number of halogens is 1. The molecule has 1 amide bonds. The second-order valence-electron chi connectivity index (χ2n) is 6.27. The lowest BCUT2D eigenvalue weighted by Gasteiger charge is -2.36. The Morgan fingerprint density at radius 3 is 2.76 bits per heavy atom. The molecule has 1 heterocycles. The van der Waals surface area contributed by atoms with E-state index in [1.165, 1.54) is 18.2 Å². The summed E-state index contributed by atoms with van der Waals surface area (Å²) in [4.78, 5) is 25.6. The van der Waals surface area contributed by atoms with Crippen LogP contribution in [0.1, 0.15) is 35.7 Å². The van der Waals surface area contributed by atoms with Crippen LogP contribution in [0.25, 0.3) is 0 Å². The number of hydrogen-bond donors (Lipinski definition) is 1. The number of amides is 1. The molecule has 25 heavy (non-hydrogen) atoms. The number of carbonyl (C=O) groups is 2. The molecule has 2 rings (SSSR count). The summed E-state index contributed by atoms with van der Waals surface area (Å²) in [6.07, 6.45) is 1.19. The SMILES string of the molecule is COCCOCc1cc(C(=O)N2CC(C(=O)O)CCC2C)ccc1F. The van der Waals surface area contributed by atoms with E-state index in [9.17, 15) is 19.1 Å². The van der Waals surface area contributed by atoms with E-state index in [0.29, 0.717) is 37.2 Å². The van der Waals surface area contributed by atoms with E-state index in [0.717, 1.165) is 0 Å². The van der Waals surface area contributed by atoms with Crippen molar-refractivity contribution in [3.8, 4) is 0 Å². The van der Waals surface area contributed by atoms with Gasteiger partial charge in [-0.25, -0.2) is 4.39 Å². The van der Waals surface area contributed by atoms with Crippen LogP contribution in [0.2, 0.25) is 0 Å². The number of piperidine rings is 1. The summed E-state index contributed by atoms with van der Waals surface area (Å²) in [5, 5.41) is 9.20. The molecule has 1 aliphatic rings. The minimum atomic E-state index is -0.893. The normalized spacial score (nSPS) is 20.5. The highest BCUT2D eigenvalue weighted by molar-refractivity contribution is 5.95. The molecule has 1 aromatic carbocycles. The Bertz CT molecular complexity index is 621. The molecule has 2 unspecified atom stereocenters. The van der Waals surface area contributed by atoms with Crippen molar-refractivity contribution in [1.82, 2.24) is 4.90 Å². The van der Waals surface area contributed by atoms with Crippen molar-refractivity contribution in [2.45, 2.75) is 32.4 Å². The van der Waals surface area contributed by atoms with E-state index >= 15 is 0 Å². The number of carbonyl (C=O) groups excluding carboxylic acids is 1. The van der Waals surface area contributed by atoms with Gasteiger partial charge in [0.1, 0.15) is 5.82 Å². The molecule has 1 aliphatic heterocycles. The minimum absolute atomic E-state index is 0.0453. The second kappa shape index (κ2) is 8.92. The highest BCUT2D eigenvalue weighted by atomic mass is 19.1. The first-order chi connectivity index (χ1) is 11.9. The minimum Gasteiger partial charge on any atom is -0.481 e. The molecule has 1 fully saturated rings. The Kier molecular flexibility index (Phi) is 6.90. The number of likely N-dealkylation sites (tertiary alicyclic amines) is 1. The van der Waals surface area contributed by atoms with Crippen molar-refractivity contribution in [3.63, 3.8) is 0 Å². The molecule has 0 bridgehead atoms. The van der Waals surface area contributed by atoms with Gasteiger partial charge in [-0.2, -0.15) is 0 Å². The van der Waals surface area contributed by atoms with Crippen molar-refractivity contribution >= 4 is 11.9 Å². The molecule has 6 nitrogen and oxygen atoms in total. The maximum Gasteiger partial charge on any atom is 0.308 e. The Balaban J connectivity index is 2.11. The lowest BCUT2D eigenvalue weighted by atomic mass is 9.93. The fourth-order valence-corrected chi connectivity index (χ4v) is 2.90. The van der Waals surface area contributed by atoms with Crippen LogP contribution in [0.5, 0.6) is 0 Å². The fraction of sp³-hybridized carbons (Fsp3) is 0.556. The fourth-order valence-electron chi connectivity index (χ4n) is 2.90. The largest absolute Gasteiger partial charge is 0.481 e. The standard InChI is InChI=1S/C18H24FNO5/c1-12-3-4-14(18(22)23)10-20(12)17(21)13-5-6-16(19)15(9-13)11-25-8-7-24-2/h5-6,9,12,14H,3-4,7-8,10-11H2,1-2H3,(H,22,23). The van der Waals surface area contributed by atoms with Gasteiger partial charge in [0, 0.05) is 30.8 Å². The van der Waals surface area contributed by atoms with Crippen molar-refractivity contribution in [1.29, 1.82) is 0 Å². The molecular formula is C18H24FNO5. The number of aliphatic carboxylic acids is 1. The predicted octanol–water partition coefficient (Wildman–Crippen LogP) is 2.31. The van der Waals surface area contributed by atoms with Crippen LogP contribution in [0, 0.1) is 11.7 Å². The zero-order chi connectivity index (χ0) is 18.4. The average Bonchev–Trinajstić information content (AvgIpc) is 2.59. The summed E-state index contributed by atoms with van der Waals surface area (Å²) in [6, 6.07) is 4.09. The summed E-state index contributed by atoms with van der Waals surface area (Å²) in [6.45, 7) is 2.85. The van der Waals surface area contributed by atoms with Crippen LogP contribution in [0.4, 0.5) is 4.39 Å². The third kappa shape index (κ3) is 4.99. The molecule has 1 saturated heterocycles. The van der Waals surface area contributed by atoms with Gasteiger partial charge in [0.15, 0.2) is 0 Å². The first-order valence-corrected chi connectivity index (χ1v) is 8.33. The third-order valence-electron chi connectivity index (χ3n) is 4.47. The number of methoxy groups -OCH3 is 1. The summed E-state index contributed by atoms with van der Waals surface area (Å²) < 4.78 is 24.1. The van der Waals surface area contributed by atoms with E-state index in [1.807, 2.05) is 6.92 Å². The van der Waals surface area contributed by atoms with E-state index in [1.54, 1.807) is 12.0 Å². The Labute approximate surface area is 146 Å². The van der Waals surface area contributed by atoms with E-state index < -0.39 is 17.7 Å². The maximum absolute atomic E-state index is 13.9. The van der Waals surface area contributed by atoms with E-state index in [-0.39, 0.29) is 25.1 Å². The highest BCUT2D eigenvalue weighted by Gasteiger charge is 2.33. The molecule has 0 saturated carbocycles. The van der Waals surface area contributed by atoms with Gasteiger partial charge in [0.2, 0.25) is 0 Å². The summed E-state index contributed by atoms with van der Waals surface area (Å²) >= 11 is 0. The van der Waals surface area contributed by atoms with Gasteiger partial charge in [-0.15, -0.1) is 0 Å². The zero-order valence-electron chi connectivity index (χ0n) is 14.5. The molecule has 7 heteroatoms. The number of ether oxygens (including phenoxy) is 2. The van der Waals surface area contributed by atoms with Crippen LogP contribution in [0.3, 0.4) is 0 Å². The van der Waals surface area contributed by atoms with Crippen LogP contribution in [-0.4, -0.2) is 54.8 Å². The van der Waals surface area contributed by atoms with Gasteiger partial charge in [-0.05, 0) is 38.0 Å². The number of carboxylic acids is 1. The van der Waals surface area contributed by atoms with Crippen LogP contribution < -0.4 is 0 Å². The van der Waals surface area contributed by atoms with Gasteiger partial charge in [-0.3, -0.25) is 9.59 Å². The molecule has 138 valence electrons.